The van der Waals surface area contributed by atoms with Gasteiger partial charge in [0.2, 0.25) is 0 Å². The van der Waals surface area contributed by atoms with Crippen molar-refractivity contribution in [1.29, 1.82) is 0 Å². The molecular weight excluding hydrogens is 302 g/mol. The molecule has 1 aromatic heterocycles. The molecule has 3 aromatic rings. The summed E-state index contributed by atoms with van der Waals surface area (Å²) in [7, 11) is 0. The third-order valence-electron chi connectivity index (χ3n) is 5.34. The summed E-state index contributed by atoms with van der Waals surface area (Å²) < 4.78 is 0. The standard InChI is InChI=1S/C21H18ClN/c22-18-7-8-20-17(11-18)10-16-6-5-15-9-13-3-1-2-4-14(13)12-19(15)21(16)23-20/h7-12H,1-6H2. The number of hydrogen-bond acceptors (Lipinski definition) is 1. The first-order valence-electron chi connectivity index (χ1n) is 8.52. The first kappa shape index (κ1) is 13.6. The molecule has 5 rings (SSSR count). The fraction of sp³-hybridized carbons (Fsp3) is 0.286. The van der Waals surface area contributed by atoms with Gasteiger partial charge in [-0.2, -0.15) is 0 Å². The highest BCUT2D eigenvalue weighted by atomic mass is 35.5. The zero-order valence-electron chi connectivity index (χ0n) is 13.0. The van der Waals surface area contributed by atoms with Crippen LogP contribution in [0.15, 0.2) is 36.4 Å². The largest absolute Gasteiger partial charge is 0.247 e. The van der Waals surface area contributed by atoms with Crippen molar-refractivity contribution in [2.45, 2.75) is 38.5 Å². The first-order chi connectivity index (χ1) is 11.3. The van der Waals surface area contributed by atoms with Crippen LogP contribution in [0.5, 0.6) is 0 Å². The number of nitrogens with zero attached hydrogens (tertiary/aromatic N) is 1. The predicted molar refractivity (Wildman–Crippen MR) is 96.2 cm³/mol. The molecule has 0 spiro atoms. The lowest BCUT2D eigenvalue weighted by Crippen LogP contribution is -2.10. The van der Waals surface area contributed by atoms with E-state index in [1.54, 1.807) is 11.1 Å². The Labute approximate surface area is 141 Å². The topological polar surface area (TPSA) is 12.9 Å². The van der Waals surface area contributed by atoms with Gasteiger partial charge in [0.15, 0.2) is 0 Å². The van der Waals surface area contributed by atoms with Crippen molar-refractivity contribution < 1.29 is 0 Å². The Hall–Kier alpha value is -1.86. The van der Waals surface area contributed by atoms with Crippen molar-refractivity contribution in [3.63, 3.8) is 0 Å². The predicted octanol–water partition coefficient (Wildman–Crippen LogP) is 5.53. The molecule has 0 saturated carbocycles. The molecule has 0 atom stereocenters. The van der Waals surface area contributed by atoms with Crippen molar-refractivity contribution in [2.75, 3.05) is 0 Å². The summed E-state index contributed by atoms with van der Waals surface area (Å²) in [5, 5.41) is 1.93. The van der Waals surface area contributed by atoms with Gasteiger partial charge in [-0.05, 0) is 91.1 Å². The molecule has 0 fully saturated rings. The number of fused-ring (bicyclic) bond motifs is 5. The number of halogens is 1. The fourth-order valence-electron chi connectivity index (χ4n) is 4.15. The summed E-state index contributed by atoms with van der Waals surface area (Å²) in [5.74, 6) is 0. The number of rotatable bonds is 0. The van der Waals surface area contributed by atoms with Crippen molar-refractivity contribution in [3.05, 3.63) is 63.7 Å². The van der Waals surface area contributed by atoms with Crippen molar-refractivity contribution >= 4 is 22.5 Å². The summed E-state index contributed by atoms with van der Waals surface area (Å²) in [6.07, 6.45) is 7.34. The van der Waals surface area contributed by atoms with Gasteiger partial charge in [0.1, 0.15) is 0 Å². The van der Waals surface area contributed by atoms with E-state index >= 15 is 0 Å². The second kappa shape index (κ2) is 5.07. The molecule has 0 amide bonds. The maximum atomic E-state index is 6.13. The minimum absolute atomic E-state index is 0.782. The highest BCUT2D eigenvalue weighted by Gasteiger charge is 2.21. The maximum Gasteiger partial charge on any atom is 0.0744 e. The van der Waals surface area contributed by atoms with Crippen LogP contribution in [0.4, 0.5) is 0 Å². The van der Waals surface area contributed by atoms with Gasteiger partial charge in [0.05, 0.1) is 11.2 Å². The van der Waals surface area contributed by atoms with E-state index in [9.17, 15) is 0 Å². The lowest BCUT2D eigenvalue weighted by Gasteiger charge is -2.24. The molecular formula is C21H18ClN. The highest BCUT2D eigenvalue weighted by molar-refractivity contribution is 6.31. The van der Waals surface area contributed by atoms with E-state index < -0.39 is 0 Å². The summed E-state index contributed by atoms with van der Waals surface area (Å²) in [6.45, 7) is 0. The molecule has 2 aromatic carbocycles. The van der Waals surface area contributed by atoms with Crippen LogP contribution in [0.2, 0.25) is 5.02 Å². The third kappa shape index (κ3) is 2.18. The summed E-state index contributed by atoms with van der Waals surface area (Å²) in [6, 6.07) is 13.2. The number of aromatic nitrogens is 1. The Bertz CT molecular complexity index is 942. The molecule has 0 unspecified atom stereocenters. The number of hydrogen-bond donors (Lipinski definition) is 0. The van der Waals surface area contributed by atoms with E-state index in [0.717, 1.165) is 28.8 Å². The zero-order chi connectivity index (χ0) is 15.4. The molecule has 1 nitrogen and oxygen atoms in total. The minimum Gasteiger partial charge on any atom is -0.247 e. The Kier molecular flexibility index (Phi) is 2.99. The monoisotopic (exact) mass is 319 g/mol. The van der Waals surface area contributed by atoms with Crippen LogP contribution >= 0.6 is 11.6 Å². The van der Waals surface area contributed by atoms with Gasteiger partial charge in [-0.15, -0.1) is 0 Å². The Morgan fingerprint density at radius 3 is 2.39 bits per heavy atom. The Balaban J connectivity index is 1.74. The highest BCUT2D eigenvalue weighted by Crippen LogP contribution is 2.37. The minimum atomic E-state index is 0.782. The fourth-order valence-corrected chi connectivity index (χ4v) is 4.33. The molecule has 0 saturated heterocycles. The van der Waals surface area contributed by atoms with E-state index in [1.165, 1.54) is 48.1 Å². The van der Waals surface area contributed by atoms with E-state index in [2.05, 4.69) is 18.2 Å². The number of aryl methyl sites for hydroxylation is 4. The average Bonchev–Trinajstić information content (AvgIpc) is 2.58. The van der Waals surface area contributed by atoms with E-state index in [1.807, 2.05) is 18.2 Å². The second-order valence-electron chi connectivity index (χ2n) is 6.82. The van der Waals surface area contributed by atoms with Crippen LogP contribution in [0, 0.1) is 0 Å². The van der Waals surface area contributed by atoms with Gasteiger partial charge in [0, 0.05) is 16.0 Å². The van der Waals surface area contributed by atoms with Gasteiger partial charge in [-0.25, -0.2) is 4.98 Å². The van der Waals surface area contributed by atoms with Crippen LogP contribution in [-0.4, -0.2) is 4.98 Å². The van der Waals surface area contributed by atoms with E-state index in [-0.39, 0.29) is 0 Å². The van der Waals surface area contributed by atoms with Gasteiger partial charge >= 0.3 is 0 Å². The van der Waals surface area contributed by atoms with Crippen LogP contribution < -0.4 is 0 Å². The van der Waals surface area contributed by atoms with E-state index in [4.69, 9.17) is 16.6 Å². The molecule has 0 bridgehead atoms. The molecule has 23 heavy (non-hydrogen) atoms. The summed E-state index contributed by atoms with van der Waals surface area (Å²) in [5.41, 5.74) is 9.56. The molecule has 2 heteroatoms. The van der Waals surface area contributed by atoms with Crippen molar-refractivity contribution in [1.82, 2.24) is 4.98 Å². The molecule has 0 radical (unpaired) electrons. The summed E-state index contributed by atoms with van der Waals surface area (Å²) in [4.78, 5) is 4.99. The normalized spacial score (nSPS) is 15.9. The molecule has 114 valence electrons. The van der Waals surface area contributed by atoms with Gasteiger partial charge in [0.25, 0.3) is 0 Å². The van der Waals surface area contributed by atoms with Gasteiger partial charge in [-0.1, -0.05) is 17.7 Å². The number of benzene rings is 2. The first-order valence-corrected chi connectivity index (χ1v) is 8.90. The Morgan fingerprint density at radius 2 is 1.52 bits per heavy atom. The smallest absolute Gasteiger partial charge is 0.0744 e. The lowest BCUT2D eigenvalue weighted by atomic mass is 9.82. The van der Waals surface area contributed by atoms with Crippen molar-refractivity contribution in [3.8, 4) is 11.3 Å². The zero-order valence-corrected chi connectivity index (χ0v) is 13.8. The second-order valence-corrected chi connectivity index (χ2v) is 7.25. The lowest BCUT2D eigenvalue weighted by molar-refractivity contribution is 0.683. The van der Waals surface area contributed by atoms with Gasteiger partial charge < -0.3 is 0 Å². The average molecular weight is 320 g/mol. The molecule has 1 heterocycles. The Morgan fingerprint density at radius 1 is 0.739 bits per heavy atom. The third-order valence-corrected chi connectivity index (χ3v) is 5.58. The van der Waals surface area contributed by atoms with Crippen LogP contribution in [-0.2, 0) is 25.7 Å². The SMILES string of the molecule is Clc1ccc2nc3c(cc2c1)CCc1cc2c(cc1-3)CCCC2. The van der Waals surface area contributed by atoms with Crippen molar-refractivity contribution in [2.24, 2.45) is 0 Å². The summed E-state index contributed by atoms with van der Waals surface area (Å²) >= 11 is 6.13. The van der Waals surface area contributed by atoms with E-state index in [0.29, 0.717) is 0 Å². The molecule has 2 aliphatic rings. The molecule has 0 aliphatic heterocycles. The maximum absolute atomic E-state index is 6.13. The van der Waals surface area contributed by atoms with Crippen LogP contribution in [0.3, 0.4) is 0 Å². The van der Waals surface area contributed by atoms with Gasteiger partial charge in [-0.3, -0.25) is 0 Å². The van der Waals surface area contributed by atoms with Crippen LogP contribution in [0.25, 0.3) is 22.2 Å². The quantitative estimate of drug-likeness (QED) is 0.530. The molecule has 0 N–H and O–H groups in total. The molecule has 2 aliphatic carbocycles. The number of pyridine rings is 1. The van der Waals surface area contributed by atoms with Crippen LogP contribution in [0.1, 0.15) is 35.1 Å².